The fourth-order valence-electron chi connectivity index (χ4n) is 8.44. The molecule has 8 aromatic rings. The molecule has 0 fully saturated rings. The van der Waals surface area contributed by atoms with Crippen molar-refractivity contribution < 1.29 is 4.58 Å². The minimum absolute atomic E-state index is 0.0594. The molecule has 0 saturated carbocycles. The van der Waals surface area contributed by atoms with Gasteiger partial charge in [-0.2, -0.15) is 0 Å². The van der Waals surface area contributed by atoms with Gasteiger partial charge in [0.1, 0.15) is 5.84 Å². The van der Waals surface area contributed by atoms with Crippen LogP contribution in [0.25, 0.3) is 54.7 Å². The van der Waals surface area contributed by atoms with E-state index in [1.807, 2.05) is 0 Å². The average Bonchev–Trinajstić information content (AvgIpc) is 3.59. The Morgan fingerprint density at radius 3 is 2.00 bits per heavy atom. The Bertz CT molecular complexity index is 2590. The van der Waals surface area contributed by atoms with Crippen molar-refractivity contribution in [2.24, 2.45) is 0 Å². The van der Waals surface area contributed by atoms with E-state index in [0.29, 0.717) is 0 Å². The first kappa shape index (κ1) is 27.2. The van der Waals surface area contributed by atoms with E-state index in [9.17, 15) is 0 Å². The Morgan fingerprint density at radius 2 is 1.23 bits per heavy atom. The van der Waals surface area contributed by atoms with Crippen LogP contribution in [-0.4, -0.2) is 15.0 Å². The summed E-state index contributed by atoms with van der Waals surface area (Å²) in [6, 6.07) is 57.1. The molecule has 1 aliphatic heterocycles. The van der Waals surface area contributed by atoms with Gasteiger partial charge in [-0.25, -0.2) is 5.32 Å². The van der Waals surface area contributed by atoms with Gasteiger partial charge in [0, 0.05) is 38.5 Å². The zero-order valence-corrected chi connectivity index (χ0v) is 26.9. The van der Waals surface area contributed by atoms with Crippen LogP contribution in [0, 0.1) is 0 Å². The molecule has 228 valence electrons. The maximum Gasteiger partial charge on any atom is 0.154 e. The summed E-state index contributed by atoms with van der Waals surface area (Å²) in [5.41, 5.74) is 12.5. The van der Waals surface area contributed by atoms with Gasteiger partial charge in [0.25, 0.3) is 0 Å². The summed E-state index contributed by atoms with van der Waals surface area (Å²) < 4.78 is 4.86. The molecule has 0 N–H and O–H groups in total. The summed E-state index contributed by atoms with van der Waals surface area (Å²) in [5.74, 6) is 0.998. The van der Waals surface area contributed by atoms with Crippen LogP contribution in [0.2, 0.25) is 0 Å². The molecule has 2 aliphatic rings. The number of nitrogens with zero attached hydrogens (tertiary/aromatic N) is 3. The van der Waals surface area contributed by atoms with Crippen LogP contribution < -0.4 is 0 Å². The van der Waals surface area contributed by atoms with Gasteiger partial charge in [-0.3, -0.25) is 4.58 Å². The molecule has 3 heteroatoms. The number of amidine groups is 1. The molecule has 3 nitrogen and oxygen atoms in total. The Labute approximate surface area is 280 Å². The van der Waals surface area contributed by atoms with Crippen molar-refractivity contribution in [3.05, 3.63) is 185 Å². The molecule has 48 heavy (non-hydrogen) atoms. The standard InChI is InChI=1S/C45H33N3/c1-45(2)37-23-13-11-21-35(37)39-33-19-9-10-20-34(33)42-40(41(39)45)36-22-12-14-24-38(36)47(42)31-25-27-32(28-26-31)48-43(29-15-5-3-6-16-29)46-44(48)30-17-7-4-8-18-30/h3-28,43H,1-2H3. The van der Waals surface area contributed by atoms with E-state index in [4.69, 9.17) is 5.32 Å². The quantitative estimate of drug-likeness (QED) is 0.176. The SMILES string of the molecule is CC1(C)c2ccccc2-c2c1c1c3ccccc3n(-c3ccc([N+]4=C(c5ccccc5)[N-]C4c4ccccc4)cc3)c1c1ccccc21. The van der Waals surface area contributed by atoms with Gasteiger partial charge >= 0.3 is 0 Å². The maximum absolute atomic E-state index is 5.11. The lowest BCUT2D eigenvalue weighted by atomic mass is 9.79. The number of rotatable bonds is 4. The molecular formula is C45H33N3. The zero-order valence-electron chi connectivity index (χ0n) is 26.9. The second-order valence-corrected chi connectivity index (χ2v) is 13.5. The fourth-order valence-corrected chi connectivity index (χ4v) is 8.44. The van der Waals surface area contributed by atoms with E-state index in [-0.39, 0.29) is 11.6 Å². The Morgan fingerprint density at radius 1 is 0.604 bits per heavy atom. The number of benzene rings is 7. The van der Waals surface area contributed by atoms with Gasteiger partial charge in [0.05, 0.1) is 11.0 Å². The van der Waals surface area contributed by atoms with Crippen LogP contribution in [0.5, 0.6) is 0 Å². The Hall–Kier alpha value is -5.93. The smallest absolute Gasteiger partial charge is 0.154 e. The molecule has 0 radical (unpaired) electrons. The molecule has 0 amide bonds. The van der Waals surface area contributed by atoms with Gasteiger partial charge in [-0.05, 0) is 63.5 Å². The Balaban J connectivity index is 1.22. The topological polar surface area (TPSA) is 22.0 Å². The molecule has 2 heterocycles. The highest BCUT2D eigenvalue weighted by Gasteiger charge is 2.40. The van der Waals surface area contributed by atoms with Crippen LogP contribution in [-0.2, 0) is 5.41 Å². The monoisotopic (exact) mass is 615 g/mol. The average molecular weight is 616 g/mol. The summed E-state index contributed by atoms with van der Waals surface area (Å²) in [6.07, 6.45) is -0.0594. The Kier molecular flexibility index (Phi) is 5.69. The van der Waals surface area contributed by atoms with Gasteiger partial charge in [0.15, 0.2) is 6.17 Å². The maximum atomic E-state index is 5.11. The normalized spacial score (nSPS) is 16.2. The first-order valence-electron chi connectivity index (χ1n) is 16.8. The van der Waals surface area contributed by atoms with Crippen LogP contribution in [0.1, 0.15) is 42.3 Å². The third kappa shape index (κ3) is 3.67. The highest BCUT2D eigenvalue weighted by molar-refractivity contribution is 6.25. The predicted molar refractivity (Wildman–Crippen MR) is 199 cm³/mol. The molecule has 10 rings (SSSR count). The van der Waals surface area contributed by atoms with E-state index < -0.39 is 0 Å². The lowest BCUT2D eigenvalue weighted by Gasteiger charge is -2.37. The van der Waals surface area contributed by atoms with Crippen LogP contribution >= 0.6 is 0 Å². The van der Waals surface area contributed by atoms with Crippen molar-refractivity contribution in [3.63, 3.8) is 0 Å². The van der Waals surface area contributed by atoms with Crippen LogP contribution in [0.3, 0.4) is 0 Å². The third-order valence-corrected chi connectivity index (χ3v) is 10.6. The lowest BCUT2D eigenvalue weighted by molar-refractivity contribution is -0.501. The number of hydrogen-bond donors (Lipinski definition) is 0. The van der Waals surface area contributed by atoms with Crippen molar-refractivity contribution in [2.75, 3.05) is 0 Å². The molecule has 1 aliphatic carbocycles. The first-order valence-corrected chi connectivity index (χ1v) is 16.8. The molecule has 7 aromatic carbocycles. The second kappa shape index (κ2) is 10.0. The fraction of sp³-hybridized carbons (Fsp3) is 0.0889. The van der Waals surface area contributed by atoms with Crippen molar-refractivity contribution in [1.29, 1.82) is 0 Å². The molecule has 0 spiro atoms. The summed E-state index contributed by atoms with van der Waals surface area (Å²) >= 11 is 0. The number of fused-ring (bicyclic) bond motifs is 10. The lowest BCUT2D eigenvalue weighted by Crippen LogP contribution is -2.33. The predicted octanol–water partition coefficient (Wildman–Crippen LogP) is 11.4. The van der Waals surface area contributed by atoms with E-state index in [1.165, 1.54) is 60.4 Å². The van der Waals surface area contributed by atoms with Crippen LogP contribution in [0.15, 0.2) is 158 Å². The molecule has 0 saturated heterocycles. The minimum atomic E-state index is -0.135. The van der Waals surface area contributed by atoms with Crippen LogP contribution in [0.4, 0.5) is 5.69 Å². The van der Waals surface area contributed by atoms with E-state index in [1.54, 1.807) is 0 Å². The second-order valence-electron chi connectivity index (χ2n) is 13.5. The number of aromatic nitrogens is 1. The number of para-hydroxylation sites is 1. The molecule has 1 atom stereocenters. The van der Waals surface area contributed by atoms with E-state index >= 15 is 0 Å². The van der Waals surface area contributed by atoms with Gasteiger partial charge in [0.2, 0.25) is 0 Å². The van der Waals surface area contributed by atoms with Gasteiger partial charge in [-0.15, -0.1) is 0 Å². The van der Waals surface area contributed by atoms with Crippen molar-refractivity contribution in [1.82, 2.24) is 4.57 Å². The first-order chi connectivity index (χ1) is 23.6. The van der Waals surface area contributed by atoms with Gasteiger partial charge < -0.3 is 4.57 Å². The van der Waals surface area contributed by atoms with E-state index in [2.05, 4.69) is 181 Å². The van der Waals surface area contributed by atoms with Crippen molar-refractivity contribution in [3.8, 4) is 16.8 Å². The minimum Gasteiger partial charge on any atom is -0.309 e. The van der Waals surface area contributed by atoms with E-state index in [0.717, 1.165) is 22.8 Å². The highest BCUT2D eigenvalue weighted by atomic mass is 15.3. The summed E-state index contributed by atoms with van der Waals surface area (Å²) in [5, 5.41) is 10.4. The van der Waals surface area contributed by atoms with Crippen molar-refractivity contribution in [2.45, 2.75) is 25.4 Å². The number of hydrogen-bond acceptors (Lipinski definition) is 0. The zero-order chi connectivity index (χ0) is 32.0. The molecule has 1 unspecified atom stereocenters. The summed E-state index contributed by atoms with van der Waals surface area (Å²) in [6.45, 7) is 4.80. The van der Waals surface area contributed by atoms with Crippen molar-refractivity contribution >= 4 is 44.1 Å². The summed E-state index contributed by atoms with van der Waals surface area (Å²) in [7, 11) is 0. The summed E-state index contributed by atoms with van der Waals surface area (Å²) in [4.78, 5) is 0. The third-order valence-electron chi connectivity index (χ3n) is 10.6. The highest BCUT2D eigenvalue weighted by Crippen LogP contribution is 2.56. The molecule has 1 aromatic heterocycles. The molecule has 0 bridgehead atoms. The molecular weight excluding hydrogens is 583 g/mol. The largest absolute Gasteiger partial charge is 0.309 e. The van der Waals surface area contributed by atoms with Gasteiger partial charge in [-0.1, -0.05) is 141 Å².